The van der Waals surface area contributed by atoms with Gasteiger partial charge < -0.3 is 15.5 Å². The second-order valence-corrected chi connectivity index (χ2v) is 5.92. The lowest BCUT2D eigenvalue weighted by Gasteiger charge is -2.16. The van der Waals surface area contributed by atoms with Crippen molar-refractivity contribution in [3.8, 4) is 5.75 Å². The molecule has 0 bridgehead atoms. The molecule has 128 valence electrons. The Kier molecular flexibility index (Phi) is 4.33. The largest absolute Gasteiger partial charge is 0.506 e. The average Bonchev–Trinajstić information content (AvgIpc) is 2.84. The van der Waals surface area contributed by atoms with Gasteiger partial charge in [-0.3, -0.25) is 9.59 Å². The zero-order valence-electron chi connectivity index (χ0n) is 12.8. The molecule has 1 fully saturated rings. The SMILES string of the molecule is O=C(O)c1ccc(N2C(=O)CC(Nc3ccc(Cl)cc3O)C2=O)cc1. The van der Waals surface area contributed by atoms with Crippen LogP contribution in [0.5, 0.6) is 5.75 Å². The number of halogens is 1. The molecule has 0 radical (unpaired) electrons. The van der Waals surface area contributed by atoms with Gasteiger partial charge in [0.1, 0.15) is 11.8 Å². The molecular formula is C17H13ClN2O5. The van der Waals surface area contributed by atoms with E-state index in [9.17, 15) is 19.5 Å². The van der Waals surface area contributed by atoms with Gasteiger partial charge in [-0.25, -0.2) is 9.69 Å². The van der Waals surface area contributed by atoms with Crippen molar-refractivity contribution in [1.29, 1.82) is 0 Å². The Morgan fingerprint density at radius 1 is 1.16 bits per heavy atom. The van der Waals surface area contributed by atoms with E-state index in [-0.39, 0.29) is 17.7 Å². The molecule has 1 saturated heterocycles. The third-order valence-electron chi connectivity index (χ3n) is 3.81. The van der Waals surface area contributed by atoms with Gasteiger partial charge in [0.2, 0.25) is 5.91 Å². The highest BCUT2D eigenvalue weighted by molar-refractivity contribution is 6.30. The molecule has 0 spiro atoms. The number of aromatic carboxylic acids is 1. The number of imide groups is 1. The number of nitrogens with one attached hydrogen (secondary N) is 1. The average molecular weight is 361 g/mol. The van der Waals surface area contributed by atoms with Gasteiger partial charge in [0, 0.05) is 11.1 Å². The van der Waals surface area contributed by atoms with E-state index in [1.165, 1.54) is 36.4 Å². The lowest BCUT2D eigenvalue weighted by molar-refractivity contribution is -0.121. The number of carbonyl (C=O) groups excluding carboxylic acids is 2. The molecule has 1 unspecified atom stereocenters. The second-order valence-electron chi connectivity index (χ2n) is 5.48. The molecule has 0 aliphatic carbocycles. The number of rotatable bonds is 4. The van der Waals surface area contributed by atoms with Crippen molar-refractivity contribution < 1.29 is 24.6 Å². The highest BCUT2D eigenvalue weighted by atomic mass is 35.5. The monoisotopic (exact) mass is 360 g/mol. The molecule has 1 aliphatic rings. The minimum absolute atomic E-state index is 0.0589. The van der Waals surface area contributed by atoms with Gasteiger partial charge in [-0.15, -0.1) is 0 Å². The molecule has 2 aromatic rings. The number of hydrogen-bond acceptors (Lipinski definition) is 5. The van der Waals surface area contributed by atoms with Crippen LogP contribution in [0.1, 0.15) is 16.8 Å². The first-order valence-corrected chi connectivity index (χ1v) is 7.70. The van der Waals surface area contributed by atoms with Gasteiger partial charge >= 0.3 is 5.97 Å². The maximum atomic E-state index is 12.5. The van der Waals surface area contributed by atoms with E-state index < -0.39 is 23.8 Å². The summed E-state index contributed by atoms with van der Waals surface area (Å²) >= 11 is 5.76. The molecule has 3 rings (SSSR count). The van der Waals surface area contributed by atoms with Gasteiger partial charge in [0.25, 0.3) is 5.91 Å². The molecule has 1 atom stereocenters. The van der Waals surface area contributed by atoms with Crippen LogP contribution in [-0.4, -0.2) is 34.0 Å². The lowest BCUT2D eigenvalue weighted by atomic mass is 10.2. The molecule has 25 heavy (non-hydrogen) atoms. The fourth-order valence-electron chi connectivity index (χ4n) is 2.58. The van der Waals surface area contributed by atoms with E-state index in [2.05, 4.69) is 5.32 Å². The van der Waals surface area contributed by atoms with Crippen LogP contribution in [-0.2, 0) is 9.59 Å². The summed E-state index contributed by atoms with van der Waals surface area (Å²) in [6, 6.07) is 9.01. The summed E-state index contributed by atoms with van der Waals surface area (Å²) in [6.07, 6.45) is -0.0818. The van der Waals surface area contributed by atoms with Crippen molar-refractivity contribution in [3.63, 3.8) is 0 Å². The number of carboxylic acid groups (broad SMARTS) is 1. The molecule has 2 aromatic carbocycles. The van der Waals surface area contributed by atoms with E-state index in [0.717, 1.165) is 4.90 Å². The van der Waals surface area contributed by atoms with Gasteiger partial charge in [-0.1, -0.05) is 11.6 Å². The number of amides is 2. The summed E-state index contributed by atoms with van der Waals surface area (Å²) in [4.78, 5) is 36.6. The summed E-state index contributed by atoms with van der Waals surface area (Å²) in [5.41, 5.74) is 0.645. The van der Waals surface area contributed by atoms with E-state index in [1.807, 2.05) is 0 Å². The minimum atomic E-state index is -1.09. The maximum Gasteiger partial charge on any atom is 0.335 e. The first kappa shape index (κ1) is 16.8. The lowest BCUT2D eigenvalue weighted by Crippen LogP contribution is -2.34. The third-order valence-corrected chi connectivity index (χ3v) is 4.04. The van der Waals surface area contributed by atoms with Crippen LogP contribution < -0.4 is 10.2 Å². The first-order chi connectivity index (χ1) is 11.9. The summed E-state index contributed by atoms with van der Waals surface area (Å²) in [5, 5.41) is 21.9. The van der Waals surface area contributed by atoms with Gasteiger partial charge in [-0.05, 0) is 36.4 Å². The number of carboxylic acids is 1. The summed E-state index contributed by atoms with van der Waals surface area (Å²) < 4.78 is 0. The first-order valence-electron chi connectivity index (χ1n) is 7.32. The topological polar surface area (TPSA) is 107 Å². The minimum Gasteiger partial charge on any atom is -0.506 e. The van der Waals surface area contributed by atoms with Gasteiger partial charge in [0.15, 0.2) is 0 Å². The highest BCUT2D eigenvalue weighted by Crippen LogP contribution is 2.30. The van der Waals surface area contributed by atoms with Crippen molar-refractivity contribution in [2.24, 2.45) is 0 Å². The van der Waals surface area contributed by atoms with E-state index in [1.54, 1.807) is 6.07 Å². The van der Waals surface area contributed by atoms with Crippen LogP contribution in [0, 0.1) is 0 Å². The molecular weight excluding hydrogens is 348 g/mol. The van der Waals surface area contributed by atoms with Crippen LogP contribution in [0.2, 0.25) is 5.02 Å². The molecule has 3 N–H and O–H groups in total. The normalized spacial score (nSPS) is 17.0. The number of anilines is 2. The van der Waals surface area contributed by atoms with Crippen LogP contribution in [0.3, 0.4) is 0 Å². The fourth-order valence-corrected chi connectivity index (χ4v) is 2.75. The van der Waals surface area contributed by atoms with E-state index >= 15 is 0 Å². The molecule has 8 heteroatoms. The smallest absolute Gasteiger partial charge is 0.335 e. The molecule has 7 nitrogen and oxygen atoms in total. The van der Waals surface area contributed by atoms with E-state index in [0.29, 0.717) is 16.4 Å². The zero-order chi connectivity index (χ0) is 18.1. The number of phenolic OH excluding ortho intramolecular Hbond substituents is 1. The van der Waals surface area contributed by atoms with Crippen molar-refractivity contribution >= 4 is 40.8 Å². The van der Waals surface area contributed by atoms with E-state index in [4.69, 9.17) is 16.7 Å². The number of aromatic hydroxyl groups is 1. The number of phenols is 1. The highest BCUT2D eigenvalue weighted by Gasteiger charge is 2.39. The molecule has 1 aliphatic heterocycles. The summed E-state index contributed by atoms with van der Waals surface area (Å²) in [7, 11) is 0. The Morgan fingerprint density at radius 3 is 2.44 bits per heavy atom. The van der Waals surface area contributed by atoms with Gasteiger partial charge in [-0.2, -0.15) is 0 Å². The predicted octanol–water partition coefficient (Wildman–Crippen LogP) is 2.49. The van der Waals surface area contributed by atoms with Crippen LogP contribution in [0.4, 0.5) is 11.4 Å². The van der Waals surface area contributed by atoms with Gasteiger partial charge in [0.05, 0.1) is 23.4 Å². The number of nitrogens with zero attached hydrogens (tertiary/aromatic N) is 1. The predicted molar refractivity (Wildman–Crippen MR) is 91.0 cm³/mol. The zero-order valence-corrected chi connectivity index (χ0v) is 13.5. The number of hydrogen-bond donors (Lipinski definition) is 3. The maximum absolute atomic E-state index is 12.5. The summed E-state index contributed by atoms with van der Waals surface area (Å²) in [5.74, 6) is -2.12. The van der Waals surface area contributed by atoms with Crippen LogP contribution in [0.25, 0.3) is 0 Å². The third kappa shape index (κ3) is 3.27. The number of carbonyl (C=O) groups is 3. The van der Waals surface area contributed by atoms with Crippen molar-refractivity contribution in [1.82, 2.24) is 0 Å². The summed E-state index contributed by atoms with van der Waals surface area (Å²) in [6.45, 7) is 0. The van der Waals surface area contributed by atoms with Crippen molar-refractivity contribution in [2.75, 3.05) is 10.2 Å². The van der Waals surface area contributed by atoms with Crippen LogP contribution >= 0.6 is 11.6 Å². The Labute approximate surface area is 147 Å². The molecule has 2 amide bonds. The Hall–Kier alpha value is -3.06. The standard InChI is InChI=1S/C17H13ClN2O5/c18-10-3-6-12(14(21)7-10)19-13-8-15(22)20(16(13)23)11-4-1-9(2-5-11)17(24)25/h1-7,13,19,21H,8H2,(H,24,25). The van der Waals surface area contributed by atoms with Crippen molar-refractivity contribution in [3.05, 3.63) is 53.1 Å². The Morgan fingerprint density at radius 2 is 1.84 bits per heavy atom. The quantitative estimate of drug-likeness (QED) is 0.571. The second kappa shape index (κ2) is 6.45. The molecule has 1 heterocycles. The Bertz CT molecular complexity index is 866. The molecule has 0 aromatic heterocycles. The van der Waals surface area contributed by atoms with Crippen LogP contribution in [0.15, 0.2) is 42.5 Å². The van der Waals surface area contributed by atoms with Crippen molar-refractivity contribution in [2.45, 2.75) is 12.5 Å². The molecule has 0 saturated carbocycles. The number of benzene rings is 2. The Balaban J connectivity index is 1.81. The fraction of sp³-hybridized carbons (Fsp3) is 0.118.